The number of pyridine rings is 1. The van der Waals surface area contributed by atoms with Crippen molar-refractivity contribution in [3.63, 3.8) is 0 Å². The predicted molar refractivity (Wildman–Crippen MR) is 68.5 cm³/mol. The Bertz CT molecular complexity index is 590. The molecule has 0 aromatic carbocycles. The third kappa shape index (κ3) is 2.12. The Balaban J connectivity index is 2.51. The number of carbonyl (C=O) groups excluding carboxylic acids is 1. The number of nitrogens with zero attached hydrogens (tertiary/aromatic N) is 2. The van der Waals surface area contributed by atoms with Gasteiger partial charge in [0, 0.05) is 18.6 Å². The highest BCUT2D eigenvalue weighted by atomic mass is 35.5. The van der Waals surface area contributed by atoms with Gasteiger partial charge in [-0.25, -0.2) is 0 Å². The number of ketones is 1. The van der Waals surface area contributed by atoms with Crippen molar-refractivity contribution in [1.82, 2.24) is 9.55 Å². The van der Waals surface area contributed by atoms with Gasteiger partial charge in [-0.05, 0) is 18.2 Å². The molecule has 0 saturated carbocycles. The summed E-state index contributed by atoms with van der Waals surface area (Å²) < 4.78 is 1.60. The second-order valence-corrected chi connectivity index (χ2v) is 4.05. The Hall–Kier alpha value is -1.58. The maximum Gasteiger partial charge on any atom is 0.229 e. The van der Waals surface area contributed by atoms with Gasteiger partial charge in [0.15, 0.2) is 0 Å². The Kier molecular flexibility index (Phi) is 3.31. The van der Waals surface area contributed by atoms with E-state index in [2.05, 4.69) is 11.6 Å². The van der Waals surface area contributed by atoms with E-state index in [1.807, 2.05) is 0 Å². The van der Waals surface area contributed by atoms with Crippen LogP contribution in [0.2, 0.25) is 10.0 Å². The van der Waals surface area contributed by atoms with Crippen LogP contribution in [0.1, 0.15) is 16.2 Å². The second-order valence-electron chi connectivity index (χ2n) is 3.27. The quantitative estimate of drug-likeness (QED) is 0.797. The summed E-state index contributed by atoms with van der Waals surface area (Å²) in [7, 11) is 0. The summed E-state index contributed by atoms with van der Waals surface area (Å²) in [6, 6.07) is 4.95. The molecular formula is C12H8Cl2N2O. The van der Waals surface area contributed by atoms with Gasteiger partial charge in [0.2, 0.25) is 5.78 Å². The molecule has 3 nitrogen and oxygen atoms in total. The minimum atomic E-state index is -0.289. The monoisotopic (exact) mass is 266 g/mol. The first-order valence-corrected chi connectivity index (χ1v) is 5.55. The van der Waals surface area contributed by atoms with Crippen molar-refractivity contribution in [1.29, 1.82) is 0 Å². The summed E-state index contributed by atoms with van der Waals surface area (Å²) in [5.41, 5.74) is 0.581. The Morgan fingerprint density at radius 2 is 2.18 bits per heavy atom. The highest BCUT2D eigenvalue weighted by Crippen LogP contribution is 2.25. The SMILES string of the molecule is C=Cn1cccc1C(=O)c1nccc(Cl)c1Cl. The standard InChI is InChI=1S/C12H8Cl2N2O/c1-2-16-7-3-4-9(16)12(17)11-10(14)8(13)5-6-15-11/h2-7H,1H2. The first kappa shape index (κ1) is 11.9. The number of hydrogen-bond donors (Lipinski definition) is 0. The van der Waals surface area contributed by atoms with Gasteiger partial charge in [0.1, 0.15) is 5.69 Å². The van der Waals surface area contributed by atoms with Crippen molar-refractivity contribution in [2.75, 3.05) is 0 Å². The maximum atomic E-state index is 12.2. The highest BCUT2D eigenvalue weighted by molar-refractivity contribution is 6.44. The van der Waals surface area contributed by atoms with Crippen LogP contribution in [0.3, 0.4) is 0 Å². The Morgan fingerprint density at radius 3 is 2.88 bits per heavy atom. The second kappa shape index (κ2) is 4.73. The van der Waals surface area contributed by atoms with Crippen LogP contribution >= 0.6 is 23.2 Å². The molecule has 0 atom stereocenters. The smallest absolute Gasteiger partial charge is 0.229 e. The normalized spacial score (nSPS) is 10.2. The lowest BCUT2D eigenvalue weighted by Crippen LogP contribution is -2.08. The third-order valence-corrected chi connectivity index (χ3v) is 3.06. The van der Waals surface area contributed by atoms with Crippen LogP contribution in [0.25, 0.3) is 6.20 Å². The van der Waals surface area contributed by atoms with Crippen LogP contribution in [-0.4, -0.2) is 15.3 Å². The van der Waals surface area contributed by atoms with Crippen LogP contribution in [-0.2, 0) is 0 Å². The van der Waals surface area contributed by atoms with Crippen molar-refractivity contribution >= 4 is 35.2 Å². The fourth-order valence-electron chi connectivity index (χ4n) is 1.45. The summed E-state index contributed by atoms with van der Waals surface area (Å²) in [4.78, 5) is 16.1. The minimum Gasteiger partial charge on any atom is -0.321 e. The Morgan fingerprint density at radius 1 is 1.41 bits per heavy atom. The first-order chi connectivity index (χ1) is 8.15. The summed E-state index contributed by atoms with van der Waals surface area (Å²) in [6.45, 7) is 3.61. The van der Waals surface area contributed by atoms with E-state index >= 15 is 0 Å². The minimum absolute atomic E-state index is 0.140. The van der Waals surface area contributed by atoms with Gasteiger partial charge in [0.05, 0.1) is 15.7 Å². The zero-order valence-corrected chi connectivity index (χ0v) is 10.2. The predicted octanol–water partition coefficient (Wildman–Crippen LogP) is 3.52. The lowest BCUT2D eigenvalue weighted by atomic mass is 10.2. The molecule has 0 radical (unpaired) electrons. The van der Waals surface area contributed by atoms with Crippen molar-refractivity contribution in [2.24, 2.45) is 0 Å². The largest absolute Gasteiger partial charge is 0.321 e. The average molecular weight is 267 g/mol. The number of aromatic nitrogens is 2. The van der Waals surface area contributed by atoms with Gasteiger partial charge in [-0.15, -0.1) is 0 Å². The van der Waals surface area contributed by atoms with Crippen molar-refractivity contribution in [3.8, 4) is 0 Å². The molecule has 2 heterocycles. The van der Waals surface area contributed by atoms with Crippen molar-refractivity contribution in [2.45, 2.75) is 0 Å². The molecule has 17 heavy (non-hydrogen) atoms. The molecule has 2 aromatic rings. The molecule has 2 aromatic heterocycles. The number of hydrogen-bond acceptors (Lipinski definition) is 2. The lowest BCUT2D eigenvalue weighted by molar-refractivity contribution is 0.102. The maximum absolute atomic E-state index is 12.2. The van der Waals surface area contributed by atoms with Crippen LogP contribution in [0.15, 0.2) is 37.2 Å². The summed E-state index contributed by atoms with van der Waals surface area (Å²) in [6.07, 6.45) is 4.70. The lowest BCUT2D eigenvalue weighted by Gasteiger charge is -2.05. The number of rotatable bonds is 3. The topological polar surface area (TPSA) is 34.9 Å². The molecule has 0 aliphatic heterocycles. The summed E-state index contributed by atoms with van der Waals surface area (Å²) >= 11 is 11.8. The van der Waals surface area contributed by atoms with Crippen LogP contribution < -0.4 is 0 Å². The summed E-state index contributed by atoms with van der Waals surface area (Å²) in [5.74, 6) is -0.289. The van der Waals surface area contributed by atoms with E-state index < -0.39 is 0 Å². The highest BCUT2D eigenvalue weighted by Gasteiger charge is 2.18. The molecule has 5 heteroatoms. The zero-order valence-electron chi connectivity index (χ0n) is 8.73. The van der Waals surface area contributed by atoms with Crippen molar-refractivity contribution in [3.05, 3.63) is 58.6 Å². The number of halogens is 2. The van der Waals surface area contributed by atoms with E-state index in [4.69, 9.17) is 23.2 Å². The molecule has 0 aliphatic carbocycles. The van der Waals surface area contributed by atoms with Crippen LogP contribution in [0.5, 0.6) is 0 Å². The van der Waals surface area contributed by atoms with Crippen molar-refractivity contribution < 1.29 is 4.79 Å². The van der Waals surface area contributed by atoms with Gasteiger partial charge in [-0.2, -0.15) is 0 Å². The van der Waals surface area contributed by atoms with E-state index in [9.17, 15) is 4.79 Å². The molecule has 0 N–H and O–H groups in total. The molecule has 0 spiro atoms. The molecular weight excluding hydrogens is 259 g/mol. The molecule has 0 amide bonds. The summed E-state index contributed by atoms with van der Waals surface area (Å²) in [5, 5.41) is 0.470. The Labute approximate surface area is 108 Å². The third-order valence-electron chi connectivity index (χ3n) is 2.27. The van der Waals surface area contributed by atoms with Gasteiger partial charge in [-0.1, -0.05) is 29.8 Å². The average Bonchev–Trinajstić information content (AvgIpc) is 2.80. The van der Waals surface area contributed by atoms with E-state index in [-0.39, 0.29) is 16.5 Å². The fraction of sp³-hybridized carbons (Fsp3) is 0. The molecule has 0 saturated heterocycles. The first-order valence-electron chi connectivity index (χ1n) is 4.79. The van der Waals surface area contributed by atoms with Gasteiger partial charge < -0.3 is 4.57 Å². The molecule has 0 fully saturated rings. The van der Waals surface area contributed by atoms with Gasteiger partial charge in [-0.3, -0.25) is 9.78 Å². The number of carbonyl (C=O) groups is 1. The zero-order chi connectivity index (χ0) is 12.4. The van der Waals surface area contributed by atoms with E-state index in [1.54, 1.807) is 22.9 Å². The van der Waals surface area contributed by atoms with Gasteiger partial charge in [0.25, 0.3) is 0 Å². The van der Waals surface area contributed by atoms with E-state index in [0.717, 1.165) is 0 Å². The molecule has 0 aliphatic rings. The fourth-order valence-corrected chi connectivity index (χ4v) is 1.79. The molecule has 0 bridgehead atoms. The van der Waals surface area contributed by atoms with Crippen LogP contribution in [0, 0.1) is 0 Å². The molecule has 2 rings (SSSR count). The van der Waals surface area contributed by atoms with Gasteiger partial charge >= 0.3 is 0 Å². The van der Waals surface area contributed by atoms with E-state index in [0.29, 0.717) is 10.7 Å². The van der Waals surface area contributed by atoms with E-state index in [1.165, 1.54) is 18.5 Å². The molecule has 86 valence electrons. The molecule has 0 unspecified atom stereocenters. The van der Waals surface area contributed by atoms with Crippen LogP contribution in [0.4, 0.5) is 0 Å².